The first kappa shape index (κ1) is 23.7. The molecule has 1 saturated heterocycles. The third-order valence-electron chi connectivity index (χ3n) is 6.75. The number of oxazole rings is 1. The Morgan fingerprint density at radius 2 is 1.66 bits per heavy atom. The molecule has 186 valence electrons. The monoisotopic (exact) mass is 496 g/mol. The molecule has 3 aromatic rings. The molecule has 2 aromatic heterocycles. The van der Waals surface area contributed by atoms with E-state index in [1.807, 2.05) is 13.0 Å². The van der Waals surface area contributed by atoms with Gasteiger partial charge in [0, 0.05) is 56.5 Å². The molecule has 0 spiro atoms. The van der Waals surface area contributed by atoms with Crippen LogP contribution in [0.1, 0.15) is 43.7 Å². The molecular formula is C25H32N6O3S. The first-order valence-electron chi connectivity index (χ1n) is 12.3. The number of anilines is 2. The van der Waals surface area contributed by atoms with Crippen molar-refractivity contribution in [2.45, 2.75) is 56.9 Å². The Morgan fingerprint density at radius 3 is 2.31 bits per heavy atom. The van der Waals surface area contributed by atoms with E-state index in [1.54, 1.807) is 41.8 Å². The van der Waals surface area contributed by atoms with Gasteiger partial charge in [-0.15, -0.1) is 0 Å². The Bertz CT molecular complexity index is 1260. The van der Waals surface area contributed by atoms with Crippen LogP contribution in [0.15, 0.2) is 45.9 Å². The second-order valence-electron chi connectivity index (χ2n) is 9.34. The maximum Gasteiger partial charge on any atom is 0.243 e. The number of hydrogen-bond donors (Lipinski definition) is 1. The predicted octanol–water partition coefficient (Wildman–Crippen LogP) is 4.00. The Morgan fingerprint density at radius 1 is 0.943 bits per heavy atom. The van der Waals surface area contributed by atoms with E-state index >= 15 is 0 Å². The molecule has 1 N–H and O–H groups in total. The highest BCUT2D eigenvalue weighted by Gasteiger charge is 2.29. The predicted molar refractivity (Wildman–Crippen MR) is 135 cm³/mol. The van der Waals surface area contributed by atoms with Gasteiger partial charge in [-0.2, -0.15) is 9.29 Å². The fourth-order valence-corrected chi connectivity index (χ4v) is 6.23. The van der Waals surface area contributed by atoms with E-state index in [2.05, 4.69) is 20.2 Å². The lowest BCUT2D eigenvalue weighted by Crippen LogP contribution is -2.49. The van der Waals surface area contributed by atoms with E-state index in [9.17, 15) is 8.42 Å². The summed E-state index contributed by atoms with van der Waals surface area (Å²) in [6.07, 6.45) is 7.68. The summed E-state index contributed by atoms with van der Waals surface area (Å²) in [6.45, 7) is 5.71. The number of aryl methyl sites for hydroxylation is 2. The molecule has 0 atom stereocenters. The van der Waals surface area contributed by atoms with Crippen molar-refractivity contribution in [3.63, 3.8) is 0 Å². The van der Waals surface area contributed by atoms with Gasteiger partial charge < -0.3 is 14.6 Å². The van der Waals surface area contributed by atoms with Crippen molar-refractivity contribution >= 4 is 21.8 Å². The van der Waals surface area contributed by atoms with Gasteiger partial charge in [-0.25, -0.2) is 18.4 Å². The fraction of sp³-hybridized carbons (Fsp3) is 0.480. The standard InChI is InChI=1S/C25H32N6O3S/c1-18-16-24(29-25(26-18)28-21-6-4-3-5-7-21)30-12-14-31(15-13-30)35(32,33)22-10-8-20(9-11-22)23-17-34-19(2)27-23/h8-11,16-17,21H,3-7,12-15H2,1-2H3,(H,26,28,29). The van der Waals surface area contributed by atoms with Crippen molar-refractivity contribution in [2.24, 2.45) is 0 Å². The summed E-state index contributed by atoms with van der Waals surface area (Å²) in [5.74, 6) is 2.09. The van der Waals surface area contributed by atoms with Crippen LogP contribution in [0, 0.1) is 13.8 Å². The van der Waals surface area contributed by atoms with Gasteiger partial charge in [0.25, 0.3) is 0 Å². The number of aromatic nitrogens is 3. The van der Waals surface area contributed by atoms with Crippen molar-refractivity contribution in [1.29, 1.82) is 0 Å². The third-order valence-corrected chi connectivity index (χ3v) is 8.66. The topological polar surface area (TPSA) is 104 Å². The summed E-state index contributed by atoms with van der Waals surface area (Å²) >= 11 is 0. The average molecular weight is 497 g/mol. The molecule has 35 heavy (non-hydrogen) atoms. The third kappa shape index (κ3) is 5.33. The van der Waals surface area contributed by atoms with Crippen molar-refractivity contribution in [3.05, 3.63) is 48.2 Å². The molecule has 10 heteroatoms. The number of nitrogens with one attached hydrogen (secondary N) is 1. The maximum absolute atomic E-state index is 13.2. The van der Waals surface area contributed by atoms with E-state index in [1.165, 1.54) is 19.3 Å². The second-order valence-corrected chi connectivity index (χ2v) is 11.3. The molecule has 1 saturated carbocycles. The summed E-state index contributed by atoms with van der Waals surface area (Å²) in [5, 5.41) is 3.51. The van der Waals surface area contributed by atoms with Crippen LogP contribution in [0.4, 0.5) is 11.8 Å². The van der Waals surface area contributed by atoms with Crippen LogP contribution in [-0.4, -0.2) is 59.9 Å². The molecule has 0 bridgehead atoms. The molecule has 1 aliphatic heterocycles. The quantitative estimate of drug-likeness (QED) is 0.546. The van der Waals surface area contributed by atoms with Gasteiger partial charge in [0.1, 0.15) is 17.8 Å². The van der Waals surface area contributed by atoms with Crippen molar-refractivity contribution in [3.8, 4) is 11.3 Å². The van der Waals surface area contributed by atoms with Gasteiger partial charge in [0.05, 0.1) is 4.90 Å². The lowest BCUT2D eigenvalue weighted by molar-refractivity contribution is 0.383. The van der Waals surface area contributed by atoms with Crippen LogP contribution in [0.5, 0.6) is 0 Å². The van der Waals surface area contributed by atoms with E-state index in [0.29, 0.717) is 49.8 Å². The molecule has 3 heterocycles. The Labute approximate surface area is 206 Å². The lowest BCUT2D eigenvalue weighted by Gasteiger charge is -2.35. The number of hydrogen-bond acceptors (Lipinski definition) is 8. The zero-order chi connectivity index (χ0) is 24.4. The number of sulfonamides is 1. The molecule has 0 radical (unpaired) electrons. The fourth-order valence-electron chi connectivity index (χ4n) is 4.81. The summed E-state index contributed by atoms with van der Waals surface area (Å²) in [4.78, 5) is 16.1. The number of rotatable bonds is 6. The van der Waals surface area contributed by atoms with Crippen LogP contribution < -0.4 is 10.2 Å². The Kier molecular flexibility index (Phi) is 6.75. The van der Waals surface area contributed by atoms with Crippen molar-refractivity contribution in [1.82, 2.24) is 19.3 Å². The van der Waals surface area contributed by atoms with Gasteiger partial charge in [-0.3, -0.25) is 0 Å². The zero-order valence-electron chi connectivity index (χ0n) is 20.3. The SMILES string of the molecule is Cc1cc(N2CCN(S(=O)(=O)c3ccc(-c4coc(C)n4)cc3)CC2)nc(NC2CCCCC2)n1. The van der Waals surface area contributed by atoms with Crippen molar-refractivity contribution in [2.75, 3.05) is 36.4 Å². The molecule has 2 aliphatic rings. The highest BCUT2D eigenvalue weighted by Crippen LogP contribution is 2.25. The maximum atomic E-state index is 13.2. The molecule has 5 rings (SSSR count). The minimum absolute atomic E-state index is 0.284. The first-order chi connectivity index (χ1) is 16.9. The second kappa shape index (κ2) is 9.94. The molecule has 2 fully saturated rings. The number of piperazine rings is 1. The molecule has 0 unspecified atom stereocenters. The van der Waals surface area contributed by atoms with Gasteiger partial charge >= 0.3 is 0 Å². The summed E-state index contributed by atoms with van der Waals surface area (Å²) in [6, 6.07) is 9.21. The Hall–Kier alpha value is -2.98. The Balaban J connectivity index is 1.24. The smallest absolute Gasteiger partial charge is 0.243 e. The summed E-state index contributed by atoms with van der Waals surface area (Å²) in [7, 11) is -3.58. The number of benzene rings is 1. The van der Waals surface area contributed by atoms with E-state index in [0.717, 1.165) is 29.9 Å². The van der Waals surface area contributed by atoms with Crippen LogP contribution in [-0.2, 0) is 10.0 Å². The average Bonchev–Trinajstić information content (AvgIpc) is 3.31. The van der Waals surface area contributed by atoms with E-state index < -0.39 is 10.0 Å². The van der Waals surface area contributed by atoms with Gasteiger partial charge in [-0.1, -0.05) is 31.4 Å². The zero-order valence-corrected chi connectivity index (χ0v) is 21.1. The minimum atomic E-state index is -3.58. The molecule has 1 aromatic carbocycles. The number of nitrogens with zero attached hydrogens (tertiary/aromatic N) is 5. The van der Waals surface area contributed by atoms with E-state index in [4.69, 9.17) is 9.40 Å². The molecule has 0 amide bonds. The minimum Gasteiger partial charge on any atom is -0.449 e. The molecular weight excluding hydrogens is 464 g/mol. The lowest BCUT2D eigenvalue weighted by atomic mass is 9.96. The normalized spacial score (nSPS) is 18.1. The van der Waals surface area contributed by atoms with Gasteiger partial charge in [0.15, 0.2) is 5.89 Å². The highest BCUT2D eigenvalue weighted by molar-refractivity contribution is 7.89. The highest BCUT2D eigenvalue weighted by atomic mass is 32.2. The summed E-state index contributed by atoms with van der Waals surface area (Å²) < 4.78 is 33.3. The summed E-state index contributed by atoms with van der Waals surface area (Å²) in [5.41, 5.74) is 2.42. The molecule has 1 aliphatic carbocycles. The molecule has 9 nitrogen and oxygen atoms in total. The van der Waals surface area contributed by atoms with Gasteiger partial charge in [-0.05, 0) is 31.9 Å². The van der Waals surface area contributed by atoms with Crippen molar-refractivity contribution < 1.29 is 12.8 Å². The van der Waals surface area contributed by atoms with Crippen LogP contribution in [0.2, 0.25) is 0 Å². The van der Waals surface area contributed by atoms with E-state index in [-0.39, 0.29) is 4.90 Å². The first-order valence-corrected chi connectivity index (χ1v) is 13.7. The van der Waals surface area contributed by atoms with Gasteiger partial charge in [0.2, 0.25) is 16.0 Å². The largest absolute Gasteiger partial charge is 0.449 e. The van der Waals surface area contributed by atoms with Crippen LogP contribution >= 0.6 is 0 Å². The van der Waals surface area contributed by atoms with Crippen LogP contribution in [0.3, 0.4) is 0 Å². The van der Waals surface area contributed by atoms with Crippen LogP contribution in [0.25, 0.3) is 11.3 Å².